The van der Waals surface area contributed by atoms with E-state index >= 15 is 0 Å². The zero-order valence-electron chi connectivity index (χ0n) is 15.9. The Morgan fingerprint density at radius 2 is 1.61 bits per heavy atom. The third-order valence-corrected chi connectivity index (χ3v) is 4.71. The summed E-state index contributed by atoms with van der Waals surface area (Å²) < 4.78 is 46.9. The molecule has 0 saturated carbocycles. The minimum atomic E-state index is -4.73. The van der Waals surface area contributed by atoms with Gasteiger partial charge in [-0.25, -0.2) is 9.97 Å². The zero-order chi connectivity index (χ0) is 21.4. The Kier molecular flexibility index (Phi) is 4.47. The Bertz CT molecular complexity index is 1380. The van der Waals surface area contributed by atoms with Crippen molar-refractivity contribution >= 4 is 33.4 Å². The third-order valence-electron chi connectivity index (χ3n) is 4.71. The van der Waals surface area contributed by atoms with E-state index < -0.39 is 6.36 Å². The van der Waals surface area contributed by atoms with Crippen LogP contribution in [0.25, 0.3) is 33.2 Å². The van der Waals surface area contributed by atoms with Crippen LogP contribution in [-0.4, -0.2) is 16.3 Å². The highest BCUT2D eigenvalue weighted by molar-refractivity contribution is 6.09. The van der Waals surface area contributed by atoms with Crippen LogP contribution in [0.15, 0.2) is 83.5 Å². The fourth-order valence-electron chi connectivity index (χ4n) is 3.41. The van der Waals surface area contributed by atoms with Gasteiger partial charge in [0.15, 0.2) is 0 Å². The van der Waals surface area contributed by atoms with E-state index in [0.29, 0.717) is 17.2 Å². The molecular formula is C23H14F3N3O2. The minimum Gasteiger partial charge on any atom is -0.455 e. The van der Waals surface area contributed by atoms with Gasteiger partial charge >= 0.3 is 6.36 Å². The maximum atomic E-state index is 12.3. The molecule has 1 N–H and O–H groups in total. The number of nitrogens with one attached hydrogen (secondary N) is 1. The van der Waals surface area contributed by atoms with Crippen molar-refractivity contribution in [2.24, 2.45) is 0 Å². The smallest absolute Gasteiger partial charge is 0.455 e. The molecule has 0 saturated heterocycles. The average molecular weight is 421 g/mol. The second kappa shape index (κ2) is 7.32. The predicted molar refractivity (Wildman–Crippen MR) is 111 cm³/mol. The number of halogens is 3. The van der Waals surface area contributed by atoms with Crippen molar-refractivity contribution < 1.29 is 22.3 Å². The normalized spacial score (nSPS) is 11.7. The van der Waals surface area contributed by atoms with Crippen LogP contribution in [0.3, 0.4) is 0 Å². The molecule has 0 aliphatic rings. The maximum absolute atomic E-state index is 12.3. The molecule has 0 radical (unpaired) electrons. The summed E-state index contributed by atoms with van der Waals surface area (Å²) >= 11 is 0. The minimum absolute atomic E-state index is 0.294. The van der Waals surface area contributed by atoms with Crippen LogP contribution in [0.1, 0.15) is 0 Å². The maximum Gasteiger partial charge on any atom is 0.573 e. The van der Waals surface area contributed by atoms with E-state index in [4.69, 9.17) is 4.42 Å². The van der Waals surface area contributed by atoms with E-state index in [2.05, 4.69) is 20.0 Å². The second-order valence-corrected chi connectivity index (χ2v) is 6.77. The Morgan fingerprint density at radius 3 is 2.42 bits per heavy atom. The topological polar surface area (TPSA) is 60.2 Å². The monoisotopic (exact) mass is 421 g/mol. The van der Waals surface area contributed by atoms with Crippen molar-refractivity contribution in [3.63, 3.8) is 0 Å². The van der Waals surface area contributed by atoms with Crippen molar-refractivity contribution in [3.8, 4) is 17.0 Å². The second-order valence-electron chi connectivity index (χ2n) is 6.77. The van der Waals surface area contributed by atoms with Crippen LogP contribution < -0.4 is 10.1 Å². The zero-order valence-corrected chi connectivity index (χ0v) is 15.9. The van der Waals surface area contributed by atoms with Gasteiger partial charge in [-0.3, -0.25) is 0 Å². The SMILES string of the molecule is FC(F)(F)Oc1ccc(Nc2cc(-c3cccc4c3oc3ccccc34)ncn2)cc1. The van der Waals surface area contributed by atoms with Gasteiger partial charge in [-0.2, -0.15) is 0 Å². The fourth-order valence-corrected chi connectivity index (χ4v) is 3.41. The van der Waals surface area contributed by atoms with Crippen LogP contribution in [0, 0.1) is 0 Å². The molecule has 0 unspecified atom stereocenters. The molecule has 3 aromatic carbocycles. The molecule has 8 heteroatoms. The van der Waals surface area contributed by atoms with Gasteiger partial charge in [0, 0.05) is 28.1 Å². The number of para-hydroxylation sites is 2. The van der Waals surface area contributed by atoms with Gasteiger partial charge < -0.3 is 14.5 Å². The molecule has 0 aliphatic heterocycles. The number of fused-ring (bicyclic) bond motifs is 3. The highest BCUT2D eigenvalue weighted by Crippen LogP contribution is 2.35. The lowest BCUT2D eigenvalue weighted by Gasteiger charge is -2.10. The summed E-state index contributed by atoms with van der Waals surface area (Å²) in [7, 11) is 0. The highest BCUT2D eigenvalue weighted by Gasteiger charge is 2.30. The molecule has 0 atom stereocenters. The molecule has 31 heavy (non-hydrogen) atoms. The first-order chi connectivity index (χ1) is 15.0. The van der Waals surface area contributed by atoms with E-state index in [1.165, 1.54) is 30.6 Å². The van der Waals surface area contributed by atoms with Crippen LogP contribution >= 0.6 is 0 Å². The summed E-state index contributed by atoms with van der Waals surface area (Å²) in [5.74, 6) is 0.195. The third kappa shape index (κ3) is 3.87. The van der Waals surface area contributed by atoms with Crippen molar-refractivity contribution in [2.75, 3.05) is 5.32 Å². The number of furan rings is 1. The van der Waals surface area contributed by atoms with E-state index in [1.807, 2.05) is 42.5 Å². The summed E-state index contributed by atoms with van der Waals surface area (Å²) in [5.41, 5.74) is 3.54. The van der Waals surface area contributed by atoms with Crippen molar-refractivity contribution in [1.82, 2.24) is 9.97 Å². The molecule has 0 bridgehead atoms. The number of ether oxygens (including phenoxy) is 1. The number of rotatable bonds is 4. The van der Waals surface area contributed by atoms with Crippen LogP contribution in [0.2, 0.25) is 0 Å². The summed E-state index contributed by atoms with van der Waals surface area (Å²) in [6, 6.07) is 20.8. The van der Waals surface area contributed by atoms with Crippen LogP contribution in [-0.2, 0) is 0 Å². The van der Waals surface area contributed by atoms with E-state index in [0.717, 1.165) is 27.5 Å². The molecule has 154 valence electrons. The Morgan fingerprint density at radius 1 is 0.839 bits per heavy atom. The Balaban J connectivity index is 1.46. The average Bonchev–Trinajstić information content (AvgIpc) is 3.13. The van der Waals surface area contributed by atoms with Gasteiger partial charge in [-0.15, -0.1) is 13.2 Å². The molecule has 0 spiro atoms. The number of alkyl halides is 3. The molecule has 5 aromatic rings. The first-order valence-corrected chi connectivity index (χ1v) is 9.32. The lowest BCUT2D eigenvalue weighted by molar-refractivity contribution is -0.274. The molecule has 0 amide bonds. The summed E-state index contributed by atoms with van der Waals surface area (Å²) in [6.07, 6.45) is -3.31. The quantitative estimate of drug-likeness (QED) is 0.351. The highest BCUT2D eigenvalue weighted by atomic mass is 19.4. The first kappa shape index (κ1) is 18.9. The molecule has 2 heterocycles. The Hall–Kier alpha value is -4.07. The van der Waals surface area contributed by atoms with E-state index in [-0.39, 0.29) is 5.75 Å². The summed E-state index contributed by atoms with van der Waals surface area (Å²) in [5, 5.41) is 5.07. The number of hydrogen-bond donors (Lipinski definition) is 1. The lowest BCUT2D eigenvalue weighted by atomic mass is 10.1. The number of anilines is 2. The molecule has 0 fully saturated rings. The van der Waals surface area contributed by atoms with Crippen LogP contribution in [0.4, 0.5) is 24.7 Å². The van der Waals surface area contributed by atoms with Crippen molar-refractivity contribution in [2.45, 2.75) is 6.36 Å². The van der Waals surface area contributed by atoms with E-state index in [1.54, 1.807) is 6.07 Å². The van der Waals surface area contributed by atoms with Gasteiger partial charge in [0.05, 0.1) is 5.69 Å². The fraction of sp³-hybridized carbons (Fsp3) is 0.0435. The number of nitrogens with zero attached hydrogens (tertiary/aromatic N) is 2. The van der Waals surface area contributed by atoms with Crippen LogP contribution in [0.5, 0.6) is 5.75 Å². The predicted octanol–water partition coefficient (Wildman–Crippen LogP) is 6.69. The van der Waals surface area contributed by atoms with Gasteiger partial charge in [0.1, 0.15) is 29.1 Å². The molecule has 0 aliphatic carbocycles. The van der Waals surface area contributed by atoms with Crippen molar-refractivity contribution in [3.05, 3.63) is 79.1 Å². The number of benzene rings is 3. The molecule has 5 rings (SSSR count). The largest absolute Gasteiger partial charge is 0.573 e. The lowest BCUT2D eigenvalue weighted by Crippen LogP contribution is -2.16. The molecular weight excluding hydrogens is 407 g/mol. The van der Waals surface area contributed by atoms with Gasteiger partial charge in [0.2, 0.25) is 0 Å². The molecule has 5 nitrogen and oxygen atoms in total. The number of aromatic nitrogens is 2. The summed E-state index contributed by atoms with van der Waals surface area (Å²) in [4.78, 5) is 8.57. The standard InChI is InChI=1S/C23H14F3N3O2/c24-23(25,26)31-15-10-8-14(9-11-15)29-21-12-19(27-13-28-21)18-6-3-5-17-16-4-1-2-7-20(16)30-22(17)18/h1-13H,(H,27,28,29). The van der Waals surface area contributed by atoms with Gasteiger partial charge in [-0.05, 0) is 36.4 Å². The summed E-state index contributed by atoms with van der Waals surface area (Å²) in [6.45, 7) is 0. The molecule has 2 aromatic heterocycles. The Labute approximate surface area is 174 Å². The van der Waals surface area contributed by atoms with E-state index in [9.17, 15) is 13.2 Å². The van der Waals surface area contributed by atoms with Gasteiger partial charge in [-0.1, -0.05) is 30.3 Å². The van der Waals surface area contributed by atoms with Gasteiger partial charge in [0.25, 0.3) is 0 Å². The number of hydrogen-bond acceptors (Lipinski definition) is 5. The first-order valence-electron chi connectivity index (χ1n) is 9.32. The van der Waals surface area contributed by atoms with Crippen molar-refractivity contribution in [1.29, 1.82) is 0 Å².